The first-order valence-electron chi connectivity index (χ1n) is 15.8. The van der Waals surface area contributed by atoms with E-state index in [0.29, 0.717) is 6.61 Å². The van der Waals surface area contributed by atoms with Crippen LogP contribution in [0.25, 0.3) is 0 Å². The summed E-state index contributed by atoms with van der Waals surface area (Å²) in [4.78, 5) is 0. The van der Waals surface area contributed by atoms with Gasteiger partial charge in [0.25, 0.3) is 55.7 Å². The summed E-state index contributed by atoms with van der Waals surface area (Å²) in [6.07, 6.45) is 0.874. The Morgan fingerprint density at radius 1 is 0.591 bits per heavy atom. The van der Waals surface area contributed by atoms with Crippen LogP contribution in [0.2, 0.25) is 58.4 Å². The van der Waals surface area contributed by atoms with E-state index in [-0.39, 0.29) is 5.41 Å². The molecule has 0 aromatic heterocycles. The van der Waals surface area contributed by atoms with Crippen LogP contribution in [0.15, 0.2) is 48.5 Å². The van der Waals surface area contributed by atoms with Crippen molar-refractivity contribution < 1.29 is 37.7 Å². The molecule has 0 spiro atoms. The van der Waals surface area contributed by atoms with Gasteiger partial charge >= 0.3 is 17.1 Å². The first-order valence-corrected chi connectivity index (χ1v) is 33.4. The molecule has 2 saturated heterocycles. The van der Waals surface area contributed by atoms with Crippen molar-refractivity contribution in [2.24, 2.45) is 0 Å². The molecule has 0 aliphatic carbocycles. The molecule has 2 aromatic rings. The quantitative estimate of drug-likeness (QED) is 0.277. The van der Waals surface area contributed by atoms with Crippen molar-refractivity contribution in [2.45, 2.75) is 90.1 Å². The number of hydrogen-bond donors (Lipinski definition) is 0. The van der Waals surface area contributed by atoms with Gasteiger partial charge in [-0.1, -0.05) is 50.2 Å². The lowest BCUT2D eigenvalue weighted by atomic mass is 9.78. The Bertz CT molecular complexity index is 1160. The smallest absolute Gasteiger partial charge is 0.321 e. The largest absolute Gasteiger partial charge is 0.494 e. The van der Waals surface area contributed by atoms with Crippen LogP contribution in [0.1, 0.15) is 37.0 Å². The van der Waals surface area contributed by atoms with Crippen molar-refractivity contribution in [3.8, 4) is 5.75 Å². The molecule has 2 aromatic carbocycles. The first-order chi connectivity index (χ1) is 20.6. The summed E-state index contributed by atoms with van der Waals surface area (Å²) < 4.78 is 56.1. The SMILES string of the molecule is C[SiH]1O[SiH](C)O[Si](C)(CCCOc2ccc(C(C)(C)c3ccc(C[Si]4(C)O[SiH](C)O[SiH](C)O[SiH](C)O4)cc3)cc2)O[SiH](C)O1. The van der Waals surface area contributed by atoms with Crippen molar-refractivity contribution in [3.05, 3.63) is 65.2 Å². The number of rotatable bonds is 9. The second-order valence-corrected chi connectivity index (χ2v) is 33.0. The first kappa shape index (κ1) is 36.5. The predicted octanol–water partition coefficient (Wildman–Crippen LogP) is 4.27. The highest BCUT2D eigenvalue weighted by atomic mass is 28.5. The molecule has 17 heteroatoms. The van der Waals surface area contributed by atoms with Crippen LogP contribution in [0, 0.1) is 0 Å². The van der Waals surface area contributed by atoms with E-state index in [2.05, 4.69) is 115 Å². The topological polar surface area (TPSA) is 83.1 Å². The second-order valence-electron chi connectivity index (χ2n) is 12.7. The van der Waals surface area contributed by atoms with E-state index >= 15 is 0 Å². The Hall–Kier alpha value is -0.345. The lowest BCUT2D eigenvalue weighted by molar-refractivity contribution is 0.265. The van der Waals surface area contributed by atoms with Crippen LogP contribution in [0.5, 0.6) is 5.75 Å². The Morgan fingerprint density at radius 3 is 1.45 bits per heavy atom. The number of ether oxygens (including phenoxy) is 1. The molecule has 2 aliphatic rings. The zero-order valence-electron chi connectivity index (χ0n) is 28.1. The average molecular weight is 745 g/mol. The molecule has 4 rings (SSSR count). The minimum Gasteiger partial charge on any atom is -0.494 e. The standard InChI is InChI=1S/C27H52O9Si8/c1-27(2,24-14-12-23(13-15-24)22-44(10)35-41(7)31-38(4)32-42(8)36-44)25-16-18-26(19-17-25)28-20-11-21-43(9)33-39(5)29-37(3)30-40(6)34-43/h12-19,37-42H,11,20-22H2,1-10H3. The third-order valence-electron chi connectivity index (χ3n) is 8.01. The van der Waals surface area contributed by atoms with Gasteiger partial charge in [0.2, 0.25) is 0 Å². The third-order valence-corrected chi connectivity index (χ3v) is 35.9. The van der Waals surface area contributed by atoms with E-state index in [1.807, 2.05) is 0 Å². The molecule has 0 bridgehead atoms. The Balaban J connectivity index is 1.31. The molecule has 9 nitrogen and oxygen atoms in total. The van der Waals surface area contributed by atoms with E-state index in [1.165, 1.54) is 16.7 Å². The van der Waals surface area contributed by atoms with Crippen LogP contribution in [-0.2, 0) is 44.4 Å². The Kier molecular flexibility index (Phi) is 13.0. The molecule has 44 heavy (non-hydrogen) atoms. The van der Waals surface area contributed by atoms with E-state index in [9.17, 15) is 0 Å². The number of hydrogen-bond acceptors (Lipinski definition) is 9. The maximum Gasteiger partial charge on any atom is 0.321 e. The summed E-state index contributed by atoms with van der Waals surface area (Å²) in [7, 11) is -15.0. The third kappa shape index (κ3) is 10.6. The fraction of sp³-hybridized carbons (Fsp3) is 0.556. The molecule has 2 fully saturated rings. The monoisotopic (exact) mass is 744 g/mol. The molecular weight excluding hydrogens is 693 g/mol. The van der Waals surface area contributed by atoms with Gasteiger partial charge in [0, 0.05) is 11.5 Å². The van der Waals surface area contributed by atoms with Gasteiger partial charge in [-0.15, -0.1) is 0 Å². The van der Waals surface area contributed by atoms with Crippen molar-refractivity contribution in [2.75, 3.05) is 6.61 Å². The zero-order chi connectivity index (χ0) is 32.1. The maximum absolute atomic E-state index is 6.49. The molecule has 246 valence electrons. The van der Waals surface area contributed by atoms with Crippen molar-refractivity contribution in [1.29, 1.82) is 0 Å². The zero-order valence-corrected chi connectivity index (χ0v) is 37.0. The molecule has 4 unspecified atom stereocenters. The fourth-order valence-corrected chi connectivity index (χ4v) is 35.3. The summed E-state index contributed by atoms with van der Waals surface area (Å²) in [5.74, 6) is 0.876. The summed E-state index contributed by atoms with van der Waals surface area (Å²) in [6.45, 7) is 21.9. The summed E-state index contributed by atoms with van der Waals surface area (Å²) in [5, 5.41) is 0. The molecule has 0 amide bonds. The van der Waals surface area contributed by atoms with E-state index < -0.39 is 72.8 Å². The molecule has 2 aliphatic heterocycles. The van der Waals surface area contributed by atoms with E-state index in [0.717, 1.165) is 24.3 Å². The summed E-state index contributed by atoms with van der Waals surface area (Å²) in [6, 6.07) is 19.1. The highest BCUT2D eigenvalue weighted by Crippen LogP contribution is 2.33. The fourth-order valence-electron chi connectivity index (χ4n) is 6.04. The molecular formula is C27H52O9Si8. The van der Waals surface area contributed by atoms with Crippen molar-refractivity contribution in [3.63, 3.8) is 0 Å². The van der Waals surface area contributed by atoms with Crippen LogP contribution in [0.3, 0.4) is 0 Å². The van der Waals surface area contributed by atoms with E-state index in [4.69, 9.17) is 37.7 Å². The molecule has 0 N–H and O–H groups in total. The number of benzene rings is 2. The summed E-state index contributed by atoms with van der Waals surface area (Å²) in [5.41, 5.74) is 3.57. The van der Waals surface area contributed by atoms with Gasteiger partial charge in [-0.25, -0.2) is 0 Å². The van der Waals surface area contributed by atoms with Crippen LogP contribution in [-0.4, -0.2) is 79.4 Å². The normalized spacial score (nSPS) is 34.0. The van der Waals surface area contributed by atoms with Crippen LogP contribution in [0.4, 0.5) is 0 Å². The molecule has 0 saturated carbocycles. The van der Waals surface area contributed by atoms with E-state index in [1.54, 1.807) is 0 Å². The van der Waals surface area contributed by atoms with Crippen LogP contribution < -0.4 is 4.74 Å². The second kappa shape index (κ2) is 15.7. The predicted molar refractivity (Wildman–Crippen MR) is 194 cm³/mol. The highest BCUT2D eigenvalue weighted by molar-refractivity contribution is 6.81. The lowest BCUT2D eigenvalue weighted by Gasteiger charge is -2.37. The minimum atomic E-state index is -2.43. The lowest BCUT2D eigenvalue weighted by Crippen LogP contribution is -2.54. The Morgan fingerprint density at radius 2 is 1.00 bits per heavy atom. The van der Waals surface area contributed by atoms with Crippen LogP contribution >= 0.6 is 0 Å². The van der Waals surface area contributed by atoms with Gasteiger partial charge < -0.3 is 37.7 Å². The van der Waals surface area contributed by atoms with Gasteiger partial charge in [-0.2, -0.15) is 0 Å². The van der Waals surface area contributed by atoms with Crippen molar-refractivity contribution >= 4 is 72.8 Å². The Labute approximate surface area is 277 Å². The van der Waals surface area contributed by atoms with Crippen molar-refractivity contribution in [1.82, 2.24) is 0 Å². The molecule has 2 heterocycles. The maximum atomic E-state index is 6.49. The summed E-state index contributed by atoms with van der Waals surface area (Å²) >= 11 is 0. The highest BCUT2D eigenvalue weighted by Gasteiger charge is 2.40. The van der Waals surface area contributed by atoms with Gasteiger partial charge in [0.15, 0.2) is 0 Å². The van der Waals surface area contributed by atoms with Gasteiger partial charge in [0.05, 0.1) is 6.61 Å². The minimum absolute atomic E-state index is 0.157. The van der Waals surface area contributed by atoms with Gasteiger partial charge in [-0.05, 0) is 93.7 Å². The van der Waals surface area contributed by atoms with Gasteiger partial charge in [0.1, 0.15) is 5.75 Å². The average Bonchev–Trinajstić information content (AvgIpc) is 2.89. The van der Waals surface area contributed by atoms with Gasteiger partial charge in [-0.3, -0.25) is 0 Å². The molecule has 0 radical (unpaired) electrons. The molecule has 4 atom stereocenters.